The van der Waals surface area contributed by atoms with E-state index in [4.69, 9.17) is 10.6 Å². The molecule has 0 saturated heterocycles. The predicted molar refractivity (Wildman–Crippen MR) is 83.3 cm³/mol. The maximum absolute atomic E-state index is 12.0. The van der Waals surface area contributed by atoms with Crippen molar-refractivity contribution in [2.45, 2.75) is 13.0 Å². The summed E-state index contributed by atoms with van der Waals surface area (Å²) >= 11 is 0. The number of nitrogens with two attached hydrogens (primary N) is 1. The van der Waals surface area contributed by atoms with E-state index in [1.165, 1.54) is 0 Å². The molecule has 0 aliphatic carbocycles. The smallest absolute Gasteiger partial charge is 0.279 e. The predicted octanol–water partition coefficient (Wildman–Crippen LogP) is 2.83. The molecule has 0 bridgehead atoms. The van der Waals surface area contributed by atoms with Gasteiger partial charge >= 0.3 is 0 Å². The number of rotatable bonds is 5. The Balaban J connectivity index is 2.34. The van der Waals surface area contributed by atoms with Crippen molar-refractivity contribution < 1.29 is 9.53 Å². The van der Waals surface area contributed by atoms with Crippen LogP contribution in [0.1, 0.15) is 24.2 Å². The zero-order chi connectivity index (χ0) is 15.1. The number of hydrazine groups is 1. The van der Waals surface area contributed by atoms with Gasteiger partial charge in [0.05, 0.1) is 0 Å². The molecular formula is C17H18N2O2. The highest BCUT2D eigenvalue weighted by atomic mass is 16.5. The largest absolute Gasteiger partial charge is 0.475 e. The van der Waals surface area contributed by atoms with Gasteiger partial charge in [-0.25, -0.2) is 5.84 Å². The summed E-state index contributed by atoms with van der Waals surface area (Å²) in [6.45, 7) is 1.93. The summed E-state index contributed by atoms with van der Waals surface area (Å²) in [5, 5.41) is 0. The molecule has 0 saturated carbocycles. The van der Waals surface area contributed by atoms with Crippen LogP contribution in [-0.2, 0) is 4.79 Å². The molecule has 2 aromatic rings. The highest BCUT2D eigenvalue weighted by molar-refractivity contribution is 5.82. The summed E-state index contributed by atoms with van der Waals surface area (Å²) in [5.41, 5.74) is 3.81. The van der Waals surface area contributed by atoms with E-state index < -0.39 is 12.0 Å². The fourth-order valence-corrected chi connectivity index (χ4v) is 2.01. The lowest BCUT2D eigenvalue weighted by atomic mass is 10.1. The summed E-state index contributed by atoms with van der Waals surface area (Å²) in [7, 11) is 0. The topological polar surface area (TPSA) is 64.3 Å². The van der Waals surface area contributed by atoms with Gasteiger partial charge in [0.1, 0.15) is 5.75 Å². The average molecular weight is 282 g/mol. The quantitative estimate of drug-likeness (QED) is 0.503. The minimum absolute atomic E-state index is 0.392. The second-order valence-electron chi connectivity index (χ2n) is 4.45. The van der Waals surface area contributed by atoms with Crippen LogP contribution < -0.4 is 16.0 Å². The van der Waals surface area contributed by atoms with Gasteiger partial charge in [-0.2, -0.15) is 0 Å². The lowest BCUT2D eigenvalue weighted by Gasteiger charge is -2.19. The van der Waals surface area contributed by atoms with Gasteiger partial charge in [-0.15, -0.1) is 0 Å². The first-order valence-corrected chi connectivity index (χ1v) is 6.70. The lowest BCUT2D eigenvalue weighted by molar-refractivity contribution is -0.128. The summed E-state index contributed by atoms with van der Waals surface area (Å²) in [6.07, 6.45) is 3.06. The van der Waals surface area contributed by atoms with E-state index in [2.05, 4.69) is 5.43 Å². The minimum Gasteiger partial charge on any atom is -0.475 e. The van der Waals surface area contributed by atoms with Gasteiger partial charge in [0, 0.05) is 11.1 Å². The van der Waals surface area contributed by atoms with Gasteiger partial charge in [-0.05, 0) is 13.0 Å². The molecule has 1 unspecified atom stereocenters. The highest BCUT2D eigenvalue weighted by Crippen LogP contribution is 2.26. The number of para-hydroxylation sites is 1. The van der Waals surface area contributed by atoms with Crippen molar-refractivity contribution in [2.75, 3.05) is 0 Å². The number of benzene rings is 2. The molecule has 0 fully saturated rings. The molecule has 0 aliphatic rings. The Hall–Kier alpha value is -2.59. The summed E-state index contributed by atoms with van der Waals surface area (Å²) in [4.78, 5) is 12.0. The number of hydrogen-bond acceptors (Lipinski definition) is 3. The molecular weight excluding hydrogens is 264 g/mol. The van der Waals surface area contributed by atoms with Gasteiger partial charge in [0.25, 0.3) is 5.91 Å². The third kappa shape index (κ3) is 3.70. The summed E-state index contributed by atoms with van der Waals surface area (Å²) in [6, 6.07) is 16.8. The van der Waals surface area contributed by atoms with E-state index in [0.29, 0.717) is 5.75 Å². The number of ether oxygens (including phenoxy) is 1. The van der Waals surface area contributed by atoms with Crippen LogP contribution in [-0.4, -0.2) is 5.91 Å². The number of carbonyl (C=O) groups is 1. The third-order valence-electron chi connectivity index (χ3n) is 2.99. The molecule has 4 nitrogen and oxygen atoms in total. The van der Waals surface area contributed by atoms with Crippen LogP contribution in [0, 0.1) is 0 Å². The van der Waals surface area contributed by atoms with E-state index in [0.717, 1.165) is 11.1 Å². The Morgan fingerprint density at radius 1 is 1.14 bits per heavy atom. The van der Waals surface area contributed by atoms with E-state index in [1.807, 2.05) is 73.7 Å². The molecule has 1 atom stereocenters. The molecule has 0 aliphatic heterocycles. The van der Waals surface area contributed by atoms with Crippen molar-refractivity contribution in [2.24, 2.45) is 5.84 Å². The maximum Gasteiger partial charge on any atom is 0.279 e. The van der Waals surface area contributed by atoms with Crippen molar-refractivity contribution in [3.8, 4) is 5.75 Å². The first kappa shape index (κ1) is 14.8. The number of nitrogens with one attached hydrogen (secondary N) is 1. The SMILES string of the molecule is CC=Cc1ccccc1OC(C(=O)NN)c1ccccc1. The monoisotopic (exact) mass is 282 g/mol. The van der Waals surface area contributed by atoms with Crippen LogP contribution in [0.2, 0.25) is 0 Å². The van der Waals surface area contributed by atoms with E-state index in [1.54, 1.807) is 0 Å². The molecule has 0 aromatic heterocycles. The Bertz CT molecular complexity index is 624. The fraction of sp³-hybridized carbons (Fsp3) is 0.118. The van der Waals surface area contributed by atoms with Gasteiger partial charge in [-0.1, -0.05) is 60.7 Å². The third-order valence-corrected chi connectivity index (χ3v) is 2.99. The van der Waals surface area contributed by atoms with Gasteiger partial charge in [0.15, 0.2) is 0 Å². The van der Waals surface area contributed by atoms with E-state index in [-0.39, 0.29) is 0 Å². The number of allylic oxidation sites excluding steroid dienone is 1. The molecule has 0 heterocycles. The number of hydrogen-bond donors (Lipinski definition) is 2. The molecule has 4 heteroatoms. The van der Waals surface area contributed by atoms with Crippen LogP contribution in [0.4, 0.5) is 0 Å². The van der Waals surface area contributed by atoms with Crippen molar-refractivity contribution >= 4 is 12.0 Å². The van der Waals surface area contributed by atoms with Crippen LogP contribution in [0.15, 0.2) is 60.7 Å². The van der Waals surface area contributed by atoms with Crippen molar-refractivity contribution in [1.82, 2.24) is 5.43 Å². The molecule has 2 rings (SSSR count). The van der Waals surface area contributed by atoms with E-state index >= 15 is 0 Å². The minimum atomic E-state index is -0.789. The maximum atomic E-state index is 12.0. The van der Waals surface area contributed by atoms with Crippen molar-refractivity contribution in [3.05, 3.63) is 71.8 Å². The van der Waals surface area contributed by atoms with Crippen molar-refractivity contribution in [1.29, 1.82) is 0 Å². The average Bonchev–Trinajstić information content (AvgIpc) is 2.54. The van der Waals surface area contributed by atoms with Crippen LogP contribution in [0.5, 0.6) is 5.75 Å². The first-order chi connectivity index (χ1) is 10.3. The molecule has 21 heavy (non-hydrogen) atoms. The summed E-state index contributed by atoms with van der Waals surface area (Å²) in [5.74, 6) is 5.51. The van der Waals surface area contributed by atoms with Crippen molar-refractivity contribution in [3.63, 3.8) is 0 Å². The van der Waals surface area contributed by atoms with Crippen LogP contribution in [0.25, 0.3) is 6.08 Å². The Kier molecular flexibility index (Phi) is 5.12. The zero-order valence-corrected chi connectivity index (χ0v) is 11.8. The van der Waals surface area contributed by atoms with Crippen LogP contribution in [0.3, 0.4) is 0 Å². The number of carbonyl (C=O) groups excluding carboxylic acids is 1. The van der Waals surface area contributed by atoms with Gasteiger partial charge in [-0.3, -0.25) is 10.2 Å². The second kappa shape index (κ2) is 7.26. The second-order valence-corrected chi connectivity index (χ2v) is 4.45. The number of amides is 1. The Morgan fingerprint density at radius 3 is 2.48 bits per heavy atom. The molecule has 1 amide bonds. The highest BCUT2D eigenvalue weighted by Gasteiger charge is 2.22. The zero-order valence-electron chi connectivity index (χ0n) is 11.8. The van der Waals surface area contributed by atoms with Crippen LogP contribution >= 0.6 is 0 Å². The van der Waals surface area contributed by atoms with E-state index in [9.17, 15) is 4.79 Å². The Morgan fingerprint density at radius 2 is 1.81 bits per heavy atom. The molecule has 108 valence electrons. The Labute approximate surface area is 124 Å². The normalized spacial score (nSPS) is 12.1. The molecule has 0 radical (unpaired) electrons. The first-order valence-electron chi connectivity index (χ1n) is 6.70. The summed E-state index contributed by atoms with van der Waals surface area (Å²) < 4.78 is 5.89. The molecule has 3 N–H and O–H groups in total. The van der Waals surface area contributed by atoms with Gasteiger partial charge < -0.3 is 4.74 Å². The fourth-order valence-electron chi connectivity index (χ4n) is 2.01. The standard InChI is InChI=1S/C17H18N2O2/c1-2-8-13-9-6-7-12-15(13)21-16(17(20)19-18)14-10-4-3-5-11-14/h2-12,16H,18H2,1H3,(H,19,20). The lowest BCUT2D eigenvalue weighted by Crippen LogP contribution is -2.37. The van der Waals surface area contributed by atoms with Gasteiger partial charge in [0.2, 0.25) is 6.10 Å². The molecule has 0 spiro atoms. The molecule has 2 aromatic carbocycles.